The highest BCUT2D eigenvalue weighted by Gasteiger charge is 2.35. The van der Waals surface area contributed by atoms with Crippen LogP contribution < -0.4 is 0 Å². The average molecular weight is 318 g/mol. The van der Waals surface area contributed by atoms with Gasteiger partial charge in [-0.15, -0.1) is 0 Å². The van der Waals surface area contributed by atoms with Gasteiger partial charge in [-0.1, -0.05) is 26.8 Å². The molecule has 1 N–H and O–H groups in total. The van der Waals surface area contributed by atoms with E-state index < -0.39 is 11.0 Å². The number of non-ortho nitro benzene ring substituents is 1. The maximum Gasteiger partial charge on any atom is 0.407 e. The monoisotopic (exact) mass is 318 g/mol. The predicted molar refractivity (Wildman–Crippen MR) is 88.4 cm³/mol. The first-order valence-corrected chi connectivity index (χ1v) is 7.57. The number of nitro groups is 1. The minimum absolute atomic E-state index is 0.0715. The zero-order valence-electron chi connectivity index (χ0n) is 13.9. The van der Waals surface area contributed by atoms with Crippen LogP contribution in [0, 0.1) is 22.5 Å². The summed E-state index contributed by atoms with van der Waals surface area (Å²) in [6.07, 6.45) is 1.68. The minimum atomic E-state index is -0.916. The van der Waals surface area contributed by atoms with Gasteiger partial charge in [-0.3, -0.25) is 10.1 Å². The summed E-state index contributed by atoms with van der Waals surface area (Å²) in [7, 11) is 0. The Morgan fingerprint density at radius 3 is 2.52 bits per heavy atom. The van der Waals surface area contributed by atoms with Gasteiger partial charge in [-0.05, 0) is 41.5 Å². The Labute approximate surface area is 135 Å². The van der Waals surface area contributed by atoms with Crippen molar-refractivity contribution in [2.75, 3.05) is 6.54 Å². The van der Waals surface area contributed by atoms with Crippen LogP contribution in [0.4, 0.5) is 10.5 Å². The zero-order chi connectivity index (χ0) is 17.4. The predicted octanol–water partition coefficient (Wildman–Crippen LogP) is 4.09. The second-order valence-corrected chi connectivity index (χ2v) is 6.99. The average Bonchev–Trinajstić information content (AvgIpc) is 2.45. The fourth-order valence-electron chi connectivity index (χ4n) is 3.02. The topological polar surface area (TPSA) is 83.7 Å². The molecule has 1 aromatic carbocycles. The Kier molecular flexibility index (Phi) is 4.45. The van der Waals surface area contributed by atoms with Gasteiger partial charge in [-0.2, -0.15) is 0 Å². The molecule has 0 aromatic heterocycles. The van der Waals surface area contributed by atoms with Crippen LogP contribution in [0.3, 0.4) is 0 Å². The molecule has 0 aliphatic carbocycles. The van der Waals surface area contributed by atoms with Gasteiger partial charge in [0.1, 0.15) is 0 Å². The van der Waals surface area contributed by atoms with Crippen LogP contribution in [0.25, 0.3) is 5.57 Å². The lowest BCUT2D eigenvalue weighted by atomic mass is 9.81. The Morgan fingerprint density at radius 2 is 2.04 bits per heavy atom. The van der Waals surface area contributed by atoms with Crippen molar-refractivity contribution in [3.05, 3.63) is 45.5 Å². The van der Waals surface area contributed by atoms with E-state index in [1.807, 2.05) is 33.8 Å². The molecule has 0 fully saturated rings. The number of rotatable bonds is 2. The summed E-state index contributed by atoms with van der Waals surface area (Å²) >= 11 is 0. The maximum absolute atomic E-state index is 11.5. The Hall–Kier alpha value is -2.37. The molecule has 1 amide bonds. The number of hydrogen-bond donors (Lipinski definition) is 1. The van der Waals surface area contributed by atoms with E-state index in [-0.39, 0.29) is 17.1 Å². The second kappa shape index (κ2) is 6.02. The van der Waals surface area contributed by atoms with E-state index in [2.05, 4.69) is 0 Å². The molecule has 1 aliphatic rings. The molecule has 0 saturated carbocycles. The van der Waals surface area contributed by atoms with Crippen LogP contribution in [0.5, 0.6) is 0 Å². The highest BCUT2D eigenvalue weighted by molar-refractivity contribution is 5.74. The third kappa shape index (κ3) is 3.52. The van der Waals surface area contributed by atoms with Crippen molar-refractivity contribution in [2.45, 2.75) is 40.2 Å². The molecular formula is C17H22N2O4. The van der Waals surface area contributed by atoms with Crippen molar-refractivity contribution in [2.24, 2.45) is 5.41 Å². The molecule has 23 heavy (non-hydrogen) atoms. The lowest BCUT2D eigenvalue weighted by molar-refractivity contribution is -0.384. The summed E-state index contributed by atoms with van der Waals surface area (Å²) in [5, 5.41) is 20.3. The van der Waals surface area contributed by atoms with Gasteiger partial charge < -0.3 is 10.0 Å². The first-order valence-electron chi connectivity index (χ1n) is 7.57. The Balaban J connectivity index is 2.44. The van der Waals surface area contributed by atoms with Gasteiger partial charge in [-0.25, -0.2) is 4.79 Å². The Bertz CT molecular complexity index is 674. The van der Waals surface area contributed by atoms with Gasteiger partial charge in [0.2, 0.25) is 0 Å². The van der Waals surface area contributed by atoms with E-state index in [0.717, 1.165) is 16.7 Å². The smallest absolute Gasteiger partial charge is 0.407 e. The Morgan fingerprint density at radius 1 is 1.39 bits per heavy atom. The van der Waals surface area contributed by atoms with Crippen molar-refractivity contribution in [1.29, 1.82) is 0 Å². The van der Waals surface area contributed by atoms with Crippen LogP contribution in [0.2, 0.25) is 0 Å². The SMILES string of the molecule is Cc1cc([N+](=O)[O-])ccc1C1=CC(C(C)(C)C)N(C(=O)O)CC1. The van der Waals surface area contributed by atoms with Crippen molar-refractivity contribution < 1.29 is 14.8 Å². The van der Waals surface area contributed by atoms with Gasteiger partial charge in [0.25, 0.3) is 5.69 Å². The lowest BCUT2D eigenvalue weighted by Crippen LogP contribution is -2.48. The third-order valence-electron chi connectivity index (χ3n) is 4.22. The number of amides is 1. The molecule has 1 aromatic rings. The molecule has 6 heteroatoms. The minimum Gasteiger partial charge on any atom is -0.465 e. The van der Waals surface area contributed by atoms with E-state index >= 15 is 0 Å². The van der Waals surface area contributed by atoms with Gasteiger partial charge in [0.15, 0.2) is 0 Å². The van der Waals surface area contributed by atoms with Gasteiger partial charge in [0, 0.05) is 18.7 Å². The fraction of sp³-hybridized carbons (Fsp3) is 0.471. The standard InChI is InChI=1S/C17H22N2O4/c1-11-9-13(19(22)23)5-6-14(11)12-7-8-18(16(20)21)15(10-12)17(2,3)4/h5-6,9-10,15H,7-8H2,1-4H3,(H,20,21). The number of nitrogens with zero attached hydrogens (tertiary/aromatic N) is 2. The molecule has 1 heterocycles. The van der Waals surface area contributed by atoms with Crippen LogP contribution >= 0.6 is 0 Å². The molecule has 1 aliphatic heterocycles. The molecule has 0 radical (unpaired) electrons. The normalized spacial score (nSPS) is 18.5. The van der Waals surface area contributed by atoms with Crippen LogP contribution in [-0.4, -0.2) is 33.6 Å². The molecule has 1 atom stereocenters. The number of carbonyl (C=O) groups is 1. The van der Waals surface area contributed by atoms with E-state index in [4.69, 9.17) is 0 Å². The summed E-state index contributed by atoms with van der Waals surface area (Å²) < 4.78 is 0. The molecular weight excluding hydrogens is 296 g/mol. The quantitative estimate of drug-likeness (QED) is 0.657. The summed E-state index contributed by atoms with van der Waals surface area (Å²) in [6.45, 7) is 8.31. The molecule has 2 rings (SSSR count). The summed E-state index contributed by atoms with van der Waals surface area (Å²) in [5.41, 5.74) is 2.69. The number of aryl methyl sites for hydroxylation is 1. The third-order valence-corrected chi connectivity index (χ3v) is 4.22. The molecule has 6 nitrogen and oxygen atoms in total. The second-order valence-electron chi connectivity index (χ2n) is 6.99. The first-order chi connectivity index (χ1) is 10.6. The molecule has 1 unspecified atom stereocenters. The zero-order valence-corrected chi connectivity index (χ0v) is 13.9. The van der Waals surface area contributed by atoms with Crippen molar-refractivity contribution in [3.63, 3.8) is 0 Å². The first kappa shape index (κ1) is 17.0. The van der Waals surface area contributed by atoms with Crippen molar-refractivity contribution >= 4 is 17.4 Å². The number of hydrogen-bond acceptors (Lipinski definition) is 3. The lowest BCUT2D eigenvalue weighted by Gasteiger charge is -2.40. The summed E-state index contributed by atoms with van der Waals surface area (Å²) in [4.78, 5) is 23.4. The van der Waals surface area contributed by atoms with E-state index in [9.17, 15) is 20.0 Å². The maximum atomic E-state index is 11.5. The highest BCUT2D eigenvalue weighted by atomic mass is 16.6. The van der Waals surface area contributed by atoms with Crippen LogP contribution in [0.1, 0.15) is 38.3 Å². The van der Waals surface area contributed by atoms with E-state index in [0.29, 0.717) is 13.0 Å². The van der Waals surface area contributed by atoms with E-state index in [1.165, 1.54) is 11.0 Å². The molecule has 0 spiro atoms. The van der Waals surface area contributed by atoms with Crippen LogP contribution in [0.15, 0.2) is 24.3 Å². The summed E-state index contributed by atoms with van der Waals surface area (Å²) in [5.74, 6) is 0. The van der Waals surface area contributed by atoms with Gasteiger partial charge >= 0.3 is 6.09 Å². The van der Waals surface area contributed by atoms with E-state index in [1.54, 1.807) is 12.1 Å². The van der Waals surface area contributed by atoms with Gasteiger partial charge in [0.05, 0.1) is 11.0 Å². The molecule has 124 valence electrons. The number of nitro benzene ring substituents is 1. The molecule has 0 saturated heterocycles. The highest BCUT2D eigenvalue weighted by Crippen LogP contribution is 2.35. The van der Waals surface area contributed by atoms with Crippen molar-refractivity contribution in [3.8, 4) is 0 Å². The van der Waals surface area contributed by atoms with Crippen LogP contribution in [-0.2, 0) is 0 Å². The summed E-state index contributed by atoms with van der Waals surface area (Å²) in [6, 6.07) is 4.60. The van der Waals surface area contributed by atoms with Crippen molar-refractivity contribution in [1.82, 2.24) is 4.90 Å². The number of carboxylic acid groups (broad SMARTS) is 1. The largest absolute Gasteiger partial charge is 0.465 e. The fourth-order valence-corrected chi connectivity index (χ4v) is 3.02. The molecule has 0 bridgehead atoms. The number of benzene rings is 1.